The van der Waals surface area contributed by atoms with Gasteiger partial charge in [0, 0.05) is 6.20 Å². The fraction of sp³-hybridized carbons (Fsp3) is 0. The van der Waals surface area contributed by atoms with E-state index in [2.05, 4.69) is 20.3 Å². The summed E-state index contributed by atoms with van der Waals surface area (Å²) in [6.07, 6.45) is 2.85. The number of anilines is 2. The Morgan fingerprint density at radius 1 is 1.29 bits per heavy atom. The van der Waals surface area contributed by atoms with Crippen LogP contribution in [-0.2, 0) is 0 Å². The van der Waals surface area contributed by atoms with Crippen molar-refractivity contribution in [2.24, 2.45) is 0 Å². The molecule has 2 heterocycles. The van der Waals surface area contributed by atoms with E-state index in [1.807, 2.05) is 0 Å². The number of carbonyl (C=O) groups excluding carboxylic acids is 1. The molecule has 0 spiro atoms. The lowest BCUT2D eigenvalue weighted by Crippen LogP contribution is -2.14. The summed E-state index contributed by atoms with van der Waals surface area (Å²) in [5.74, 6) is -0.0756. The van der Waals surface area contributed by atoms with E-state index < -0.39 is 0 Å². The zero-order chi connectivity index (χ0) is 12.3. The Bertz CT molecular complexity index is 543. The second kappa shape index (κ2) is 4.75. The highest BCUT2D eigenvalue weighted by atomic mass is 35.5. The van der Waals surface area contributed by atoms with Crippen molar-refractivity contribution in [1.29, 1.82) is 0 Å². The highest BCUT2D eigenvalue weighted by Crippen LogP contribution is 2.08. The lowest BCUT2D eigenvalue weighted by Gasteiger charge is -2.03. The van der Waals surface area contributed by atoms with Crippen molar-refractivity contribution < 1.29 is 4.79 Å². The number of amides is 1. The van der Waals surface area contributed by atoms with Crippen molar-refractivity contribution >= 4 is 29.0 Å². The monoisotopic (exact) mass is 249 g/mol. The smallest absolute Gasteiger partial charge is 0.275 e. The Morgan fingerprint density at radius 2 is 2.12 bits per heavy atom. The molecule has 0 saturated carbocycles. The van der Waals surface area contributed by atoms with Gasteiger partial charge in [0.05, 0.1) is 11.9 Å². The van der Waals surface area contributed by atoms with Gasteiger partial charge in [-0.1, -0.05) is 0 Å². The Kier molecular flexibility index (Phi) is 3.15. The Balaban J connectivity index is 2.14. The Morgan fingerprint density at radius 3 is 2.76 bits per heavy atom. The van der Waals surface area contributed by atoms with Crippen LogP contribution >= 0.6 is 11.6 Å². The van der Waals surface area contributed by atoms with E-state index in [1.54, 1.807) is 6.07 Å². The predicted molar refractivity (Wildman–Crippen MR) is 63.6 cm³/mol. The zero-order valence-corrected chi connectivity index (χ0v) is 9.35. The number of nitrogens with one attached hydrogen (secondary N) is 1. The normalized spacial score (nSPS) is 9.94. The van der Waals surface area contributed by atoms with Crippen LogP contribution in [0.4, 0.5) is 11.5 Å². The maximum absolute atomic E-state index is 11.7. The summed E-state index contributed by atoms with van der Waals surface area (Å²) in [7, 11) is 0. The molecule has 7 heteroatoms. The molecule has 0 aromatic carbocycles. The average Bonchev–Trinajstić information content (AvgIpc) is 2.29. The minimum Gasteiger partial charge on any atom is -0.397 e. The molecule has 3 N–H and O–H groups in total. The van der Waals surface area contributed by atoms with Gasteiger partial charge in [-0.15, -0.1) is 0 Å². The molecule has 0 atom stereocenters. The van der Waals surface area contributed by atoms with Gasteiger partial charge in [-0.25, -0.2) is 15.0 Å². The van der Waals surface area contributed by atoms with E-state index in [9.17, 15) is 4.79 Å². The van der Waals surface area contributed by atoms with E-state index in [4.69, 9.17) is 17.3 Å². The van der Waals surface area contributed by atoms with Crippen molar-refractivity contribution in [3.8, 4) is 0 Å². The summed E-state index contributed by atoms with van der Waals surface area (Å²) in [6.45, 7) is 0. The van der Waals surface area contributed by atoms with Crippen molar-refractivity contribution in [2.75, 3.05) is 11.1 Å². The minimum atomic E-state index is -0.389. The molecule has 0 aliphatic heterocycles. The van der Waals surface area contributed by atoms with Gasteiger partial charge in [0.25, 0.3) is 5.91 Å². The fourth-order valence-electron chi connectivity index (χ4n) is 1.12. The number of nitrogens with zero attached hydrogens (tertiary/aromatic N) is 3. The molecular formula is C10H8ClN5O. The van der Waals surface area contributed by atoms with Crippen molar-refractivity contribution in [3.63, 3.8) is 0 Å². The van der Waals surface area contributed by atoms with Crippen molar-refractivity contribution in [1.82, 2.24) is 15.0 Å². The second-order valence-corrected chi connectivity index (χ2v) is 3.48. The van der Waals surface area contributed by atoms with Gasteiger partial charge in [-0.2, -0.15) is 0 Å². The SMILES string of the molecule is Nc1ccc(C(=O)Nc2ccnc(Cl)n2)nc1. The number of nitrogen functional groups attached to an aromatic ring is 1. The third-order valence-corrected chi connectivity index (χ3v) is 2.07. The number of pyridine rings is 1. The maximum Gasteiger partial charge on any atom is 0.275 e. The van der Waals surface area contributed by atoms with Gasteiger partial charge >= 0.3 is 0 Å². The number of aromatic nitrogens is 3. The zero-order valence-electron chi connectivity index (χ0n) is 8.59. The third-order valence-electron chi connectivity index (χ3n) is 1.89. The number of carbonyl (C=O) groups is 1. The molecule has 86 valence electrons. The van der Waals surface area contributed by atoms with Crippen LogP contribution in [0.2, 0.25) is 5.28 Å². The highest BCUT2D eigenvalue weighted by molar-refractivity contribution is 6.28. The van der Waals surface area contributed by atoms with Crippen LogP contribution in [0, 0.1) is 0 Å². The van der Waals surface area contributed by atoms with Gasteiger partial charge in [0.1, 0.15) is 11.5 Å². The molecule has 0 bridgehead atoms. The quantitative estimate of drug-likeness (QED) is 0.784. The first-order chi connectivity index (χ1) is 8.15. The lowest BCUT2D eigenvalue weighted by atomic mass is 10.3. The van der Waals surface area contributed by atoms with Crippen LogP contribution in [0.15, 0.2) is 30.6 Å². The predicted octanol–water partition coefficient (Wildman–Crippen LogP) is 1.36. The van der Waals surface area contributed by atoms with Crippen LogP contribution in [0.25, 0.3) is 0 Å². The second-order valence-electron chi connectivity index (χ2n) is 3.14. The van der Waals surface area contributed by atoms with Crippen LogP contribution < -0.4 is 11.1 Å². The number of nitrogens with two attached hydrogens (primary N) is 1. The first kappa shape index (κ1) is 11.3. The third kappa shape index (κ3) is 2.88. The van der Waals surface area contributed by atoms with E-state index in [1.165, 1.54) is 24.5 Å². The van der Waals surface area contributed by atoms with Crippen molar-refractivity contribution in [3.05, 3.63) is 41.6 Å². The van der Waals surface area contributed by atoms with Gasteiger partial charge < -0.3 is 11.1 Å². The summed E-state index contributed by atoms with van der Waals surface area (Å²) in [5, 5.41) is 2.60. The molecule has 1 amide bonds. The van der Waals surface area contributed by atoms with Gasteiger partial charge in [0.2, 0.25) is 5.28 Å². The molecule has 0 radical (unpaired) electrons. The first-order valence-corrected chi connectivity index (χ1v) is 5.04. The lowest BCUT2D eigenvalue weighted by molar-refractivity contribution is 0.102. The summed E-state index contributed by atoms with van der Waals surface area (Å²) in [5.41, 5.74) is 6.20. The summed E-state index contributed by atoms with van der Waals surface area (Å²) >= 11 is 5.59. The molecule has 17 heavy (non-hydrogen) atoms. The van der Waals surface area contributed by atoms with Gasteiger partial charge in [-0.05, 0) is 29.8 Å². The van der Waals surface area contributed by atoms with Gasteiger partial charge in [0.15, 0.2) is 0 Å². The maximum atomic E-state index is 11.7. The highest BCUT2D eigenvalue weighted by Gasteiger charge is 2.08. The molecule has 0 fully saturated rings. The molecule has 2 aromatic rings. The minimum absolute atomic E-state index is 0.0630. The van der Waals surface area contributed by atoms with Gasteiger partial charge in [-0.3, -0.25) is 4.79 Å². The first-order valence-electron chi connectivity index (χ1n) is 4.66. The van der Waals surface area contributed by atoms with Crippen LogP contribution in [-0.4, -0.2) is 20.9 Å². The molecule has 2 aromatic heterocycles. The van der Waals surface area contributed by atoms with Crippen molar-refractivity contribution in [2.45, 2.75) is 0 Å². The fourth-order valence-corrected chi connectivity index (χ4v) is 1.27. The average molecular weight is 250 g/mol. The number of hydrogen-bond donors (Lipinski definition) is 2. The standard InChI is InChI=1S/C10H8ClN5O/c11-10-13-4-3-8(16-10)15-9(17)7-2-1-6(12)5-14-7/h1-5H,12H2,(H,13,15,16,17). The summed E-state index contributed by atoms with van der Waals surface area (Å²) in [4.78, 5) is 23.1. The molecule has 0 aliphatic carbocycles. The summed E-state index contributed by atoms with van der Waals surface area (Å²) < 4.78 is 0. The largest absolute Gasteiger partial charge is 0.397 e. The molecule has 0 aliphatic rings. The molecule has 0 saturated heterocycles. The number of rotatable bonds is 2. The van der Waals surface area contributed by atoms with E-state index in [-0.39, 0.29) is 16.9 Å². The Labute approximate surface area is 102 Å². The summed E-state index contributed by atoms with van der Waals surface area (Å²) in [6, 6.07) is 4.64. The van der Waals surface area contributed by atoms with Crippen LogP contribution in [0.5, 0.6) is 0 Å². The molecule has 2 rings (SSSR count). The van der Waals surface area contributed by atoms with Crippen LogP contribution in [0.1, 0.15) is 10.5 Å². The topological polar surface area (TPSA) is 93.8 Å². The molecule has 6 nitrogen and oxygen atoms in total. The molecule has 0 unspecified atom stereocenters. The number of hydrogen-bond acceptors (Lipinski definition) is 5. The number of halogens is 1. The van der Waals surface area contributed by atoms with E-state index in [0.29, 0.717) is 11.5 Å². The van der Waals surface area contributed by atoms with Crippen LogP contribution in [0.3, 0.4) is 0 Å². The molecular weight excluding hydrogens is 242 g/mol. The van der Waals surface area contributed by atoms with E-state index in [0.717, 1.165) is 0 Å². The van der Waals surface area contributed by atoms with E-state index >= 15 is 0 Å². The Hall–Kier alpha value is -2.21.